The first-order valence-corrected chi connectivity index (χ1v) is 7.67. The molecule has 1 aromatic carbocycles. The highest BCUT2D eigenvalue weighted by Crippen LogP contribution is 2.32. The summed E-state index contributed by atoms with van der Waals surface area (Å²) in [6, 6.07) is 8.02. The highest BCUT2D eigenvalue weighted by Gasteiger charge is 2.27. The molecule has 2 rings (SSSR count). The third kappa shape index (κ3) is 3.74. The Morgan fingerprint density at radius 1 is 1.25 bits per heavy atom. The van der Waals surface area contributed by atoms with E-state index in [9.17, 15) is 0 Å². The summed E-state index contributed by atoms with van der Waals surface area (Å²) in [6.45, 7) is 4.30. The summed E-state index contributed by atoms with van der Waals surface area (Å²) >= 11 is 0. The van der Waals surface area contributed by atoms with Crippen molar-refractivity contribution in [2.75, 3.05) is 7.11 Å². The predicted molar refractivity (Wildman–Crippen MR) is 81.9 cm³/mol. The van der Waals surface area contributed by atoms with Gasteiger partial charge in [0.2, 0.25) is 0 Å². The van der Waals surface area contributed by atoms with Gasteiger partial charge in [0.15, 0.2) is 0 Å². The zero-order valence-corrected chi connectivity index (χ0v) is 12.8. The Hall–Kier alpha value is -1.06. The molecule has 1 aliphatic carbocycles. The molecule has 1 fully saturated rings. The van der Waals surface area contributed by atoms with Crippen molar-refractivity contribution >= 4 is 0 Å². The topological polar surface area (TPSA) is 44.5 Å². The summed E-state index contributed by atoms with van der Waals surface area (Å²) in [5, 5.41) is 0. The van der Waals surface area contributed by atoms with E-state index in [0.29, 0.717) is 12.0 Å². The molecule has 1 aromatic rings. The highest BCUT2D eigenvalue weighted by molar-refractivity contribution is 5.30. The number of ether oxygens (including phenoxy) is 2. The van der Waals surface area contributed by atoms with Crippen LogP contribution in [0, 0.1) is 5.92 Å². The molecule has 0 aliphatic heterocycles. The molecular weight excluding hydrogens is 250 g/mol. The number of hydrogen-bond acceptors (Lipinski definition) is 3. The van der Waals surface area contributed by atoms with Crippen molar-refractivity contribution in [2.24, 2.45) is 11.7 Å². The predicted octanol–water partition coefficient (Wildman–Crippen LogP) is 3.68. The largest absolute Gasteiger partial charge is 0.497 e. The molecule has 4 atom stereocenters. The Balaban J connectivity index is 2.13. The highest BCUT2D eigenvalue weighted by atomic mass is 16.5. The molecule has 112 valence electrons. The van der Waals surface area contributed by atoms with Crippen LogP contribution in [0.1, 0.15) is 51.2 Å². The second kappa shape index (κ2) is 7.09. The van der Waals surface area contributed by atoms with Crippen molar-refractivity contribution in [2.45, 2.75) is 57.8 Å². The van der Waals surface area contributed by atoms with Gasteiger partial charge in [-0.25, -0.2) is 0 Å². The zero-order valence-electron chi connectivity index (χ0n) is 12.8. The summed E-state index contributed by atoms with van der Waals surface area (Å²) in [7, 11) is 1.68. The molecule has 3 nitrogen and oxygen atoms in total. The quantitative estimate of drug-likeness (QED) is 0.893. The van der Waals surface area contributed by atoms with Gasteiger partial charge in [0.05, 0.1) is 19.3 Å². The van der Waals surface area contributed by atoms with Crippen LogP contribution in [0.2, 0.25) is 0 Å². The fourth-order valence-electron chi connectivity index (χ4n) is 3.00. The summed E-state index contributed by atoms with van der Waals surface area (Å²) in [5.41, 5.74) is 7.27. The minimum atomic E-state index is -0.0596. The van der Waals surface area contributed by atoms with Gasteiger partial charge in [-0.15, -0.1) is 0 Å². The first-order chi connectivity index (χ1) is 9.61. The van der Waals surface area contributed by atoms with Crippen LogP contribution in [-0.4, -0.2) is 19.3 Å². The molecule has 0 radical (unpaired) electrons. The van der Waals surface area contributed by atoms with Gasteiger partial charge in [0.25, 0.3) is 0 Å². The molecule has 0 aromatic heterocycles. The molecule has 1 saturated carbocycles. The lowest BCUT2D eigenvalue weighted by atomic mass is 9.87. The van der Waals surface area contributed by atoms with E-state index >= 15 is 0 Å². The van der Waals surface area contributed by atoms with Crippen LogP contribution in [0.25, 0.3) is 0 Å². The van der Waals surface area contributed by atoms with Crippen LogP contribution < -0.4 is 10.5 Å². The maximum atomic E-state index is 6.37. The Kier molecular flexibility index (Phi) is 5.44. The lowest BCUT2D eigenvalue weighted by Gasteiger charge is -2.34. The number of benzene rings is 1. The summed E-state index contributed by atoms with van der Waals surface area (Å²) in [6.07, 6.45) is 5.26. The molecule has 1 aliphatic rings. The molecule has 0 spiro atoms. The van der Waals surface area contributed by atoms with Crippen LogP contribution in [-0.2, 0) is 4.74 Å². The maximum absolute atomic E-state index is 6.37. The fraction of sp³-hybridized carbons (Fsp3) is 0.647. The van der Waals surface area contributed by atoms with Gasteiger partial charge < -0.3 is 15.2 Å². The molecule has 0 saturated heterocycles. The number of rotatable bonds is 5. The van der Waals surface area contributed by atoms with Crippen molar-refractivity contribution < 1.29 is 9.47 Å². The van der Waals surface area contributed by atoms with E-state index in [1.54, 1.807) is 7.11 Å². The van der Waals surface area contributed by atoms with E-state index in [2.05, 4.69) is 13.0 Å². The van der Waals surface area contributed by atoms with E-state index in [1.807, 2.05) is 25.1 Å². The molecular formula is C17H27NO2. The molecule has 4 unspecified atom stereocenters. The van der Waals surface area contributed by atoms with Crippen LogP contribution in [0.4, 0.5) is 0 Å². The van der Waals surface area contributed by atoms with Crippen LogP contribution >= 0.6 is 0 Å². The third-order valence-corrected chi connectivity index (χ3v) is 4.25. The molecule has 0 heterocycles. The average Bonchev–Trinajstić information content (AvgIpc) is 2.46. The van der Waals surface area contributed by atoms with Gasteiger partial charge in [-0.2, -0.15) is 0 Å². The molecule has 0 amide bonds. The van der Waals surface area contributed by atoms with E-state index < -0.39 is 0 Å². The maximum Gasteiger partial charge on any atom is 0.119 e. The summed E-state index contributed by atoms with van der Waals surface area (Å²) in [4.78, 5) is 0. The van der Waals surface area contributed by atoms with Crippen molar-refractivity contribution in [1.29, 1.82) is 0 Å². The third-order valence-electron chi connectivity index (χ3n) is 4.25. The van der Waals surface area contributed by atoms with E-state index in [1.165, 1.54) is 19.3 Å². The SMILES string of the molecule is COc1cccc(C(OC2CCCCC2C)C(C)N)c1. The van der Waals surface area contributed by atoms with Gasteiger partial charge in [-0.05, 0) is 43.4 Å². The number of hydrogen-bond donors (Lipinski definition) is 1. The van der Waals surface area contributed by atoms with E-state index in [-0.39, 0.29) is 12.1 Å². The van der Waals surface area contributed by atoms with Gasteiger partial charge in [0, 0.05) is 6.04 Å². The molecule has 2 N–H and O–H groups in total. The smallest absolute Gasteiger partial charge is 0.119 e. The Bertz CT molecular complexity index is 419. The Morgan fingerprint density at radius 3 is 2.65 bits per heavy atom. The first-order valence-electron chi connectivity index (χ1n) is 7.67. The summed E-state index contributed by atoms with van der Waals surface area (Å²) < 4.78 is 11.7. The van der Waals surface area contributed by atoms with Crippen LogP contribution in [0.5, 0.6) is 5.75 Å². The minimum Gasteiger partial charge on any atom is -0.497 e. The van der Waals surface area contributed by atoms with Gasteiger partial charge >= 0.3 is 0 Å². The summed E-state index contributed by atoms with van der Waals surface area (Å²) in [5.74, 6) is 1.48. The van der Waals surface area contributed by atoms with E-state index in [0.717, 1.165) is 17.7 Å². The fourth-order valence-corrected chi connectivity index (χ4v) is 3.00. The molecule has 3 heteroatoms. The Morgan fingerprint density at radius 2 is 2.00 bits per heavy atom. The standard InChI is InChI=1S/C17H27NO2/c1-12-7-4-5-10-16(12)20-17(13(2)18)14-8-6-9-15(11-14)19-3/h6,8-9,11-13,16-17H,4-5,7,10,18H2,1-3H3. The van der Waals surface area contributed by atoms with Crippen LogP contribution in [0.3, 0.4) is 0 Å². The van der Waals surface area contributed by atoms with Crippen molar-refractivity contribution in [3.63, 3.8) is 0 Å². The zero-order chi connectivity index (χ0) is 14.5. The second-order valence-electron chi connectivity index (χ2n) is 5.99. The van der Waals surface area contributed by atoms with Crippen molar-refractivity contribution in [3.05, 3.63) is 29.8 Å². The lowest BCUT2D eigenvalue weighted by Crippen LogP contribution is -2.34. The van der Waals surface area contributed by atoms with Crippen molar-refractivity contribution in [1.82, 2.24) is 0 Å². The minimum absolute atomic E-state index is 0.0313. The number of methoxy groups -OCH3 is 1. The number of nitrogens with two attached hydrogens (primary N) is 1. The van der Waals surface area contributed by atoms with Gasteiger partial charge in [-0.1, -0.05) is 31.9 Å². The van der Waals surface area contributed by atoms with Gasteiger partial charge in [0.1, 0.15) is 5.75 Å². The van der Waals surface area contributed by atoms with Crippen LogP contribution in [0.15, 0.2) is 24.3 Å². The normalized spacial score (nSPS) is 26.0. The van der Waals surface area contributed by atoms with Crippen molar-refractivity contribution in [3.8, 4) is 5.75 Å². The van der Waals surface area contributed by atoms with Gasteiger partial charge in [-0.3, -0.25) is 0 Å². The first kappa shape index (κ1) is 15.3. The average molecular weight is 277 g/mol. The second-order valence-corrected chi connectivity index (χ2v) is 5.99. The monoisotopic (exact) mass is 277 g/mol. The molecule has 20 heavy (non-hydrogen) atoms. The molecule has 0 bridgehead atoms. The Labute approximate surface area is 122 Å². The van der Waals surface area contributed by atoms with E-state index in [4.69, 9.17) is 15.2 Å². The lowest BCUT2D eigenvalue weighted by molar-refractivity contribution is -0.0652.